The van der Waals surface area contributed by atoms with E-state index >= 15 is 0 Å². The third-order valence-electron chi connectivity index (χ3n) is 8.92. The molecule has 5 aromatic rings. The number of ether oxygens (including phenoxy) is 3. The molecule has 0 radical (unpaired) electrons. The van der Waals surface area contributed by atoms with E-state index in [-0.39, 0.29) is 34.5 Å². The molecule has 48 heavy (non-hydrogen) atoms. The number of para-hydroxylation sites is 1. The van der Waals surface area contributed by atoms with Crippen LogP contribution in [0.3, 0.4) is 0 Å². The van der Waals surface area contributed by atoms with Gasteiger partial charge in [-0.3, -0.25) is 9.69 Å². The highest BCUT2D eigenvalue weighted by molar-refractivity contribution is 6.12. The lowest BCUT2D eigenvalue weighted by molar-refractivity contribution is -0.0494. The zero-order valence-electron chi connectivity index (χ0n) is 26.2. The third-order valence-corrected chi connectivity index (χ3v) is 8.92. The second kappa shape index (κ2) is 13.2. The van der Waals surface area contributed by atoms with Gasteiger partial charge in [-0.1, -0.05) is 12.1 Å². The van der Waals surface area contributed by atoms with Crippen molar-refractivity contribution >= 4 is 28.2 Å². The van der Waals surface area contributed by atoms with E-state index in [1.54, 1.807) is 37.3 Å². The lowest BCUT2D eigenvalue weighted by atomic mass is 10.0. The Labute approximate surface area is 274 Å². The maximum atomic E-state index is 14.0. The number of nitrogens with two attached hydrogens (primary N) is 1. The van der Waals surface area contributed by atoms with Crippen LogP contribution < -0.4 is 20.1 Å². The molecule has 2 aliphatic rings. The molecule has 2 fully saturated rings. The smallest absolute Gasteiger partial charge is 0.387 e. The number of rotatable bonds is 9. The molecule has 250 valence electrons. The first kappa shape index (κ1) is 31.5. The fourth-order valence-corrected chi connectivity index (χ4v) is 6.43. The van der Waals surface area contributed by atoms with E-state index in [0.29, 0.717) is 47.0 Å². The van der Waals surface area contributed by atoms with Gasteiger partial charge in [-0.25, -0.2) is 14.1 Å². The number of morpholine rings is 1. The van der Waals surface area contributed by atoms with Crippen LogP contribution >= 0.6 is 0 Å². The number of aromatic amines is 1. The number of anilines is 2. The second-order valence-corrected chi connectivity index (χ2v) is 11.9. The molecule has 14 heteroatoms. The number of nitrogens with one attached hydrogen (secondary N) is 1. The average molecular weight is 662 g/mol. The number of nitrogens with zero attached hydrogens (tertiary/aromatic N) is 5. The Morgan fingerprint density at radius 1 is 1.02 bits per heavy atom. The predicted molar refractivity (Wildman–Crippen MR) is 173 cm³/mol. The van der Waals surface area contributed by atoms with E-state index in [4.69, 9.17) is 19.9 Å². The number of pyridine rings is 1. The molecule has 2 aliphatic heterocycles. The zero-order chi connectivity index (χ0) is 33.4. The number of halogens is 3. The Balaban J connectivity index is 1.12. The van der Waals surface area contributed by atoms with Crippen molar-refractivity contribution in [1.29, 1.82) is 0 Å². The minimum Gasteiger partial charge on any atom is -0.436 e. The lowest BCUT2D eigenvalue weighted by Gasteiger charge is -2.41. The summed E-state index contributed by atoms with van der Waals surface area (Å²) in [6.45, 7) is 3.38. The number of piperidine rings is 1. The molecule has 5 heterocycles. The molecule has 0 spiro atoms. The van der Waals surface area contributed by atoms with Crippen LogP contribution in [-0.4, -0.2) is 82.5 Å². The number of aromatic nitrogens is 4. The summed E-state index contributed by atoms with van der Waals surface area (Å²) >= 11 is 0. The summed E-state index contributed by atoms with van der Waals surface area (Å²) in [4.78, 5) is 25.6. The molecule has 0 amide bonds. The number of nitrogen functional groups attached to an aromatic ring is 1. The van der Waals surface area contributed by atoms with Crippen LogP contribution in [0.1, 0.15) is 34.5 Å². The molecule has 0 aliphatic carbocycles. The zero-order valence-corrected chi connectivity index (χ0v) is 26.2. The minimum absolute atomic E-state index is 0.0373. The molecule has 3 N–H and O–H groups in total. The largest absolute Gasteiger partial charge is 0.436 e. The van der Waals surface area contributed by atoms with Gasteiger partial charge in [0.2, 0.25) is 11.7 Å². The SMILES string of the molecule is Cc1cc(Oc2ccccc2F)ncc1-n1ncc(C(=O)c2cc3cc(OC(F)F)c(N4CCC(N5CCOCC5)CC4)cc3[nH]2)c1N. The number of fused-ring (bicyclic) bond motifs is 1. The van der Waals surface area contributed by atoms with Gasteiger partial charge >= 0.3 is 6.61 Å². The summed E-state index contributed by atoms with van der Waals surface area (Å²) in [7, 11) is 0. The van der Waals surface area contributed by atoms with Crippen molar-refractivity contribution in [2.75, 3.05) is 50.0 Å². The molecule has 0 atom stereocenters. The number of H-pyrrole nitrogens is 1. The number of hydrogen-bond donors (Lipinski definition) is 2. The Morgan fingerprint density at radius 2 is 1.79 bits per heavy atom. The van der Waals surface area contributed by atoms with Gasteiger partial charge in [-0.05, 0) is 55.7 Å². The summed E-state index contributed by atoms with van der Waals surface area (Å²) < 4.78 is 58.5. The highest BCUT2D eigenvalue weighted by Crippen LogP contribution is 2.37. The van der Waals surface area contributed by atoms with Crippen LogP contribution in [0, 0.1) is 12.7 Å². The second-order valence-electron chi connectivity index (χ2n) is 11.9. The normalized spacial score (nSPS) is 16.1. The Kier molecular flexibility index (Phi) is 8.67. The van der Waals surface area contributed by atoms with Gasteiger partial charge in [0, 0.05) is 49.2 Å². The number of ketones is 1. The van der Waals surface area contributed by atoms with Gasteiger partial charge in [0.1, 0.15) is 11.6 Å². The van der Waals surface area contributed by atoms with Crippen LogP contribution in [0.4, 0.5) is 24.7 Å². The minimum atomic E-state index is -3.00. The topological polar surface area (TPSA) is 124 Å². The van der Waals surface area contributed by atoms with E-state index in [1.165, 1.54) is 35.3 Å². The standard InChI is InChI=1S/C34H34F3N7O4/c1-20-14-31(47-29-5-3-2-4-24(29)35)39-19-28(20)44-33(38)23(18-40-44)32(45)26-15-21-16-30(48-34(36)37)27(17-25(21)41-26)43-8-6-22(7-9-43)42-10-12-46-13-11-42/h2-5,14-19,22,34,41H,6-13,38H2,1H3. The molecule has 7 rings (SSSR count). The van der Waals surface area contributed by atoms with Crippen molar-refractivity contribution in [2.24, 2.45) is 0 Å². The Morgan fingerprint density at radius 3 is 2.52 bits per heavy atom. The van der Waals surface area contributed by atoms with E-state index in [1.807, 2.05) is 0 Å². The number of hydrogen-bond acceptors (Lipinski definition) is 9. The van der Waals surface area contributed by atoms with Crippen molar-refractivity contribution in [2.45, 2.75) is 32.4 Å². The van der Waals surface area contributed by atoms with E-state index in [9.17, 15) is 18.0 Å². The highest BCUT2D eigenvalue weighted by Gasteiger charge is 2.28. The van der Waals surface area contributed by atoms with Crippen molar-refractivity contribution in [3.63, 3.8) is 0 Å². The number of benzene rings is 2. The van der Waals surface area contributed by atoms with Crippen molar-refractivity contribution in [3.05, 3.63) is 83.6 Å². The quantitative estimate of drug-likeness (QED) is 0.191. The van der Waals surface area contributed by atoms with E-state index in [0.717, 1.165) is 39.1 Å². The summed E-state index contributed by atoms with van der Waals surface area (Å²) in [6, 6.07) is 12.9. The van der Waals surface area contributed by atoms with Crippen molar-refractivity contribution in [3.8, 4) is 23.1 Å². The maximum absolute atomic E-state index is 14.0. The van der Waals surface area contributed by atoms with Gasteiger partial charge in [0.25, 0.3) is 0 Å². The third kappa shape index (κ3) is 6.28. The van der Waals surface area contributed by atoms with Gasteiger partial charge in [0.15, 0.2) is 11.6 Å². The van der Waals surface area contributed by atoms with E-state index in [2.05, 4.69) is 24.9 Å². The van der Waals surface area contributed by atoms with Gasteiger partial charge in [-0.2, -0.15) is 13.9 Å². The summed E-state index contributed by atoms with van der Waals surface area (Å²) in [5.41, 5.74) is 9.09. The molecular formula is C34H34F3N7O4. The predicted octanol–water partition coefficient (Wildman–Crippen LogP) is 5.70. The van der Waals surface area contributed by atoms with Gasteiger partial charge in [-0.15, -0.1) is 0 Å². The van der Waals surface area contributed by atoms with Crippen LogP contribution in [0.2, 0.25) is 0 Å². The number of aryl methyl sites for hydroxylation is 1. The van der Waals surface area contributed by atoms with Crippen LogP contribution in [-0.2, 0) is 4.74 Å². The molecular weight excluding hydrogens is 627 g/mol. The molecule has 3 aromatic heterocycles. The first-order chi connectivity index (χ1) is 23.2. The van der Waals surface area contributed by atoms with Gasteiger partial charge < -0.3 is 29.8 Å². The molecule has 0 saturated carbocycles. The van der Waals surface area contributed by atoms with Gasteiger partial charge in [0.05, 0.1) is 48.2 Å². The summed E-state index contributed by atoms with van der Waals surface area (Å²) in [5.74, 6) is -0.595. The first-order valence-electron chi connectivity index (χ1n) is 15.7. The molecule has 2 aromatic carbocycles. The Hall–Kier alpha value is -5.08. The average Bonchev–Trinajstić information content (AvgIpc) is 3.68. The number of carbonyl (C=O) groups is 1. The maximum Gasteiger partial charge on any atom is 0.387 e. The fraction of sp³-hybridized carbons (Fsp3) is 0.324. The van der Waals surface area contributed by atoms with Crippen LogP contribution in [0.5, 0.6) is 17.4 Å². The lowest BCUT2D eigenvalue weighted by Crippen LogP contribution is -2.49. The Bertz CT molecular complexity index is 1950. The van der Waals surface area contributed by atoms with Crippen LogP contribution in [0.15, 0.2) is 60.9 Å². The highest BCUT2D eigenvalue weighted by atomic mass is 19.3. The number of carbonyl (C=O) groups excluding carboxylic acids is 1. The van der Waals surface area contributed by atoms with Crippen molar-refractivity contribution < 1.29 is 32.2 Å². The van der Waals surface area contributed by atoms with Crippen LogP contribution in [0.25, 0.3) is 16.6 Å². The summed E-state index contributed by atoms with van der Waals surface area (Å²) in [5, 5.41) is 4.87. The molecule has 2 saturated heterocycles. The van der Waals surface area contributed by atoms with Crippen molar-refractivity contribution in [1.82, 2.24) is 24.6 Å². The summed E-state index contributed by atoms with van der Waals surface area (Å²) in [6.07, 6.45) is 4.62. The van der Waals surface area contributed by atoms with E-state index < -0.39 is 18.2 Å². The monoisotopic (exact) mass is 661 g/mol. The molecule has 0 unspecified atom stereocenters. The fourth-order valence-electron chi connectivity index (χ4n) is 6.43. The number of alkyl halides is 2. The molecule has 11 nitrogen and oxygen atoms in total. The first-order valence-corrected chi connectivity index (χ1v) is 15.7. The molecule has 0 bridgehead atoms.